The molecule has 0 spiro atoms. The Kier molecular flexibility index (Phi) is 4.71. The van der Waals surface area contributed by atoms with Crippen molar-refractivity contribution in [2.75, 3.05) is 6.54 Å². The third-order valence-corrected chi connectivity index (χ3v) is 3.46. The van der Waals surface area contributed by atoms with Crippen LogP contribution in [0.4, 0.5) is 0 Å². The lowest BCUT2D eigenvalue weighted by molar-refractivity contribution is 0.642. The fourth-order valence-corrected chi connectivity index (χ4v) is 2.38. The summed E-state index contributed by atoms with van der Waals surface area (Å²) in [6, 6.07) is 10.6. The van der Waals surface area contributed by atoms with E-state index in [1.165, 1.54) is 12.0 Å². The van der Waals surface area contributed by atoms with E-state index in [1.54, 1.807) is 11.3 Å². The predicted octanol–water partition coefficient (Wildman–Crippen LogP) is 3.17. The fourth-order valence-electron chi connectivity index (χ4n) is 1.77. The van der Waals surface area contributed by atoms with Gasteiger partial charge in [-0.2, -0.15) is 0 Å². The van der Waals surface area contributed by atoms with Crippen molar-refractivity contribution in [1.29, 1.82) is 0 Å². The molecule has 0 saturated heterocycles. The van der Waals surface area contributed by atoms with E-state index in [-0.39, 0.29) is 0 Å². The summed E-state index contributed by atoms with van der Waals surface area (Å²) in [5.41, 5.74) is 2.58. The van der Waals surface area contributed by atoms with Crippen molar-refractivity contribution < 1.29 is 0 Å². The van der Waals surface area contributed by atoms with Crippen LogP contribution in [0.25, 0.3) is 0 Å². The molecule has 0 fully saturated rings. The van der Waals surface area contributed by atoms with Gasteiger partial charge in [-0.05, 0) is 31.9 Å². The predicted molar refractivity (Wildman–Crippen MR) is 73.3 cm³/mol. The molecule has 1 heterocycles. The highest BCUT2D eigenvalue weighted by molar-refractivity contribution is 7.09. The number of nitrogens with zero attached hydrogens (tertiary/aromatic N) is 1. The topological polar surface area (TPSA) is 24.9 Å². The van der Waals surface area contributed by atoms with Crippen LogP contribution in [0, 0.1) is 6.92 Å². The summed E-state index contributed by atoms with van der Waals surface area (Å²) in [6.07, 6.45) is 2.32. The Bertz CT molecular complexity index is 436. The zero-order chi connectivity index (χ0) is 11.9. The Morgan fingerprint density at radius 1 is 1.24 bits per heavy atom. The maximum Gasteiger partial charge on any atom is 0.0897 e. The van der Waals surface area contributed by atoms with Crippen molar-refractivity contribution in [2.24, 2.45) is 0 Å². The van der Waals surface area contributed by atoms with Gasteiger partial charge in [0.1, 0.15) is 0 Å². The highest BCUT2D eigenvalue weighted by atomic mass is 32.1. The van der Waals surface area contributed by atoms with Gasteiger partial charge in [0.05, 0.1) is 10.7 Å². The van der Waals surface area contributed by atoms with Crippen LogP contribution >= 0.6 is 11.3 Å². The highest BCUT2D eigenvalue weighted by Gasteiger charge is 1.97. The van der Waals surface area contributed by atoms with Crippen LogP contribution in [0.5, 0.6) is 0 Å². The van der Waals surface area contributed by atoms with Crippen molar-refractivity contribution in [3.05, 3.63) is 52.0 Å². The van der Waals surface area contributed by atoms with E-state index in [1.807, 2.05) is 6.92 Å². The Morgan fingerprint density at radius 3 is 2.76 bits per heavy atom. The minimum atomic E-state index is 0.888. The molecule has 0 radical (unpaired) electrons. The van der Waals surface area contributed by atoms with Gasteiger partial charge in [-0.25, -0.2) is 4.98 Å². The molecule has 0 aliphatic carbocycles. The smallest absolute Gasteiger partial charge is 0.0897 e. The minimum absolute atomic E-state index is 0.888. The Hall–Kier alpha value is -1.19. The van der Waals surface area contributed by atoms with Crippen LogP contribution in [0.2, 0.25) is 0 Å². The molecule has 3 heteroatoms. The molecular weight excluding hydrogens is 228 g/mol. The maximum atomic E-state index is 4.42. The zero-order valence-corrected chi connectivity index (χ0v) is 11.0. The molecule has 0 bridgehead atoms. The van der Waals surface area contributed by atoms with Crippen LogP contribution in [-0.2, 0) is 13.0 Å². The van der Waals surface area contributed by atoms with E-state index in [0.29, 0.717) is 0 Å². The number of aryl methyl sites for hydroxylation is 2. The average molecular weight is 246 g/mol. The molecule has 1 aromatic heterocycles. The van der Waals surface area contributed by atoms with Crippen LogP contribution in [0.3, 0.4) is 0 Å². The first-order chi connectivity index (χ1) is 8.34. The monoisotopic (exact) mass is 246 g/mol. The number of hydrogen-bond donors (Lipinski definition) is 1. The third kappa shape index (κ3) is 4.29. The molecule has 0 atom stereocenters. The maximum absolute atomic E-state index is 4.42. The van der Waals surface area contributed by atoms with Gasteiger partial charge in [0, 0.05) is 11.9 Å². The minimum Gasteiger partial charge on any atom is -0.311 e. The van der Waals surface area contributed by atoms with E-state index in [4.69, 9.17) is 0 Å². The van der Waals surface area contributed by atoms with Crippen molar-refractivity contribution in [1.82, 2.24) is 10.3 Å². The van der Waals surface area contributed by atoms with Gasteiger partial charge in [-0.3, -0.25) is 0 Å². The molecule has 17 heavy (non-hydrogen) atoms. The second-order valence-electron chi connectivity index (χ2n) is 4.12. The van der Waals surface area contributed by atoms with Gasteiger partial charge >= 0.3 is 0 Å². The fraction of sp³-hybridized carbons (Fsp3) is 0.357. The largest absolute Gasteiger partial charge is 0.311 e. The van der Waals surface area contributed by atoms with E-state index in [2.05, 4.69) is 46.0 Å². The number of aromatic nitrogens is 1. The summed E-state index contributed by atoms with van der Waals surface area (Å²) in [4.78, 5) is 4.42. The number of thiazole rings is 1. The number of nitrogens with one attached hydrogen (secondary N) is 1. The Labute approximate surface area is 107 Å². The normalized spacial score (nSPS) is 10.6. The summed E-state index contributed by atoms with van der Waals surface area (Å²) in [5, 5.41) is 6.70. The van der Waals surface area contributed by atoms with E-state index >= 15 is 0 Å². The average Bonchev–Trinajstić information content (AvgIpc) is 2.76. The molecule has 0 unspecified atom stereocenters. The quantitative estimate of drug-likeness (QED) is 0.792. The first-order valence-corrected chi connectivity index (χ1v) is 6.88. The summed E-state index contributed by atoms with van der Waals surface area (Å²) in [6.45, 7) is 3.98. The molecule has 1 aromatic carbocycles. The van der Waals surface area contributed by atoms with Gasteiger partial charge in [-0.15, -0.1) is 11.3 Å². The second-order valence-corrected chi connectivity index (χ2v) is 5.19. The Balaban J connectivity index is 1.61. The summed E-state index contributed by atoms with van der Waals surface area (Å²) in [7, 11) is 0. The first-order valence-electron chi connectivity index (χ1n) is 6.00. The molecule has 0 aliphatic heterocycles. The van der Waals surface area contributed by atoms with Gasteiger partial charge in [0.25, 0.3) is 0 Å². The lowest BCUT2D eigenvalue weighted by Crippen LogP contribution is -2.15. The van der Waals surface area contributed by atoms with Crippen LogP contribution < -0.4 is 5.32 Å². The standard InChI is InChI=1S/C14H18N2S/c1-12-16-14(11-17-12)10-15-9-5-8-13-6-3-2-4-7-13/h2-4,6-7,11,15H,5,8-10H2,1H3. The van der Waals surface area contributed by atoms with Crippen LogP contribution in [-0.4, -0.2) is 11.5 Å². The summed E-state index contributed by atoms with van der Waals surface area (Å²) < 4.78 is 0. The molecule has 2 rings (SSSR count). The molecule has 90 valence electrons. The van der Waals surface area contributed by atoms with Gasteiger partial charge < -0.3 is 5.32 Å². The van der Waals surface area contributed by atoms with Gasteiger partial charge in [0.2, 0.25) is 0 Å². The second kappa shape index (κ2) is 6.52. The highest BCUT2D eigenvalue weighted by Crippen LogP contribution is 2.07. The first kappa shape index (κ1) is 12.3. The Morgan fingerprint density at radius 2 is 2.06 bits per heavy atom. The number of rotatable bonds is 6. The molecular formula is C14H18N2S. The SMILES string of the molecule is Cc1nc(CNCCCc2ccccc2)cs1. The molecule has 2 nitrogen and oxygen atoms in total. The molecule has 2 aromatic rings. The molecule has 0 amide bonds. The van der Waals surface area contributed by atoms with Crippen molar-refractivity contribution in [3.63, 3.8) is 0 Å². The van der Waals surface area contributed by atoms with Crippen molar-refractivity contribution in [2.45, 2.75) is 26.3 Å². The molecule has 0 aliphatic rings. The van der Waals surface area contributed by atoms with E-state index in [0.717, 1.165) is 30.2 Å². The van der Waals surface area contributed by atoms with E-state index in [9.17, 15) is 0 Å². The van der Waals surface area contributed by atoms with Crippen molar-refractivity contribution in [3.8, 4) is 0 Å². The summed E-state index contributed by atoms with van der Waals surface area (Å²) in [5.74, 6) is 0. The lowest BCUT2D eigenvalue weighted by Gasteiger charge is -2.03. The van der Waals surface area contributed by atoms with Crippen LogP contribution in [0.1, 0.15) is 22.7 Å². The number of hydrogen-bond acceptors (Lipinski definition) is 3. The number of benzene rings is 1. The summed E-state index contributed by atoms with van der Waals surface area (Å²) >= 11 is 1.71. The van der Waals surface area contributed by atoms with Gasteiger partial charge in [-0.1, -0.05) is 30.3 Å². The van der Waals surface area contributed by atoms with E-state index < -0.39 is 0 Å². The van der Waals surface area contributed by atoms with Crippen LogP contribution in [0.15, 0.2) is 35.7 Å². The molecule has 1 N–H and O–H groups in total. The van der Waals surface area contributed by atoms with Crippen molar-refractivity contribution >= 4 is 11.3 Å². The molecule has 0 saturated carbocycles. The third-order valence-electron chi connectivity index (χ3n) is 2.63. The van der Waals surface area contributed by atoms with Gasteiger partial charge in [0.15, 0.2) is 0 Å². The zero-order valence-electron chi connectivity index (χ0n) is 10.1. The lowest BCUT2D eigenvalue weighted by atomic mass is 10.1.